The number of nitrogens with zero attached hydrogens (tertiary/aromatic N) is 1. The minimum absolute atomic E-state index is 0.0818. The maximum Gasteiger partial charge on any atom is 0.416 e. The molecule has 0 spiro atoms. The molecule has 1 N–H and O–H groups in total. The quantitative estimate of drug-likeness (QED) is 0.397. The monoisotopic (exact) mass is 492 g/mol. The van der Waals surface area contributed by atoms with E-state index in [0.29, 0.717) is 16.5 Å². The van der Waals surface area contributed by atoms with Crippen molar-refractivity contribution >= 4 is 32.3 Å². The van der Waals surface area contributed by atoms with Crippen LogP contribution in [0.25, 0.3) is 10.9 Å². The molecule has 2 aromatic heterocycles. The molecule has 0 aliphatic carbocycles. The SMILES string of the molecule is Cc1cccc2cc(CN(Cc3cccs3)S(=O)(=O)c3cccc(C(F)(F)F)c3)c(=O)[nH]c12. The molecule has 0 atom stereocenters. The van der Waals surface area contributed by atoms with Crippen LogP contribution >= 0.6 is 11.3 Å². The summed E-state index contributed by atoms with van der Waals surface area (Å²) in [6.45, 7) is 1.47. The summed E-state index contributed by atoms with van der Waals surface area (Å²) < 4.78 is 67.4. The number of benzene rings is 2. The van der Waals surface area contributed by atoms with E-state index in [1.165, 1.54) is 11.3 Å². The molecule has 0 amide bonds. The van der Waals surface area contributed by atoms with Crippen molar-refractivity contribution in [1.82, 2.24) is 9.29 Å². The summed E-state index contributed by atoms with van der Waals surface area (Å²) in [5.74, 6) is 0. The normalized spacial score (nSPS) is 12.5. The summed E-state index contributed by atoms with van der Waals surface area (Å²) in [4.78, 5) is 15.7. The number of fused-ring (bicyclic) bond motifs is 1. The van der Waals surface area contributed by atoms with E-state index < -0.39 is 32.2 Å². The van der Waals surface area contributed by atoms with E-state index in [1.54, 1.807) is 29.6 Å². The van der Waals surface area contributed by atoms with Crippen LogP contribution in [0.5, 0.6) is 0 Å². The Hall–Kier alpha value is -2.95. The van der Waals surface area contributed by atoms with Gasteiger partial charge in [-0.15, -0.1) is 11.3 Å². The Kier molecular flexibility index (Phi) is 6.17. The van der Waals surface area contributed by atoms with Gasteiger partial charge in [0, 0.05) is 23.5 Å². The maximum atomic E-state index is 13.4. The molecule has 0 saturated carbocycles. The van der Waals surface area contributed by atoms with E-state index in [9.17, 15) is 26.4 Å². The Bertz CT molecular complexity index is 1460. The molecule has 0 unspecified atom stereocenters. The van der Waals surface area contributed by atoms with Crippen LogP contribution in [0.2, 0.25) is 0 Å². The van der Waals surface area contributed by atoms with Crippen molar-refractivity contribution in [1.29, 1.82) is 0 Å². The first-order valence-corrected chi connectivity index (χ1v) is 12.2. The van der Waals surface area contributed by atoms with Crippen molar-refractivity contribution in [2.75, 3.05) is 0 Å². The second-order valence-corrected chi connectivity index (χ2v) is 10.5. The van der Waals surface area contributed by atoms with Gasteiger partial charge in [-0.2, -0.15) is 17.5 Å². The van der Waals surface area contributed by atoms with Gasteiger partial charge in [-0.3, -0.25) is 4.79 Å². The zero-order valence-corrected chi connectivity index (χ0v) is 19.0. The molecule has 0 radical (unpaired) electrons. The molecule has 5 nitrogen and oxygen atoms in total. The molecule has 4 rings (SSSR count). The van der Waals surface area contributed by atoms with Crippen LogP contribution in [0.4, 0.5) is 13.2 Å². The lowest BCUT2D eigenvalue weighted by Crippen LogP contribution is -2.32. The third-order valence-electron chi connectivity index (χ3n) is 5.22. The number of aromatic amines is 1. The van der Waals surface area contributed by atoms with Crippen LogP contribution in [0.1, 0.15) is 21.6 Å². The largest absolute Gasteiger partial charge is 0.416 e. The zero-order chi connectivity index (χ0) is 23.8. The van der Waals surface area contributed by atoms with Gasteiger partial charge in [0.15, 0.2) is 0 Å². The highest BCUT2D eigenvalue weighted by atomic mass is 32.2. The molecule has 0 saturated heterocycles. The van der Waals surface area contributed by atoms with Crippen LogP contribution in [0.3, 0.4) is 0 Å². The molecule has 10 heteroatoms. The molecule has 0 aliphatic rings. The second kappa shape index (κ2) is 8.77. The molecule has 33 heavy (non-hydrogen) atoms. The number of nitrogens with one attached hydrogen (secondary N) is 1. The summed E-state index contributed by atoms with van der Waals surface area (Å²) in [6, 6.07) is 14.2. The predicted octanol–water partition coefficient (Wildman–Crippen LogP) is 5.31. The Morgan fingerprint density at radius 2 is 1.76 bits per heavy atom. The molecular formula is C23H19F3N2O3S2. The summed E-state index contributed by atoms with van der Waals surface area (Å²) in [7, 11) is -4.35. The van der Waals surface area contributed by atoms with Crippen LogP contribution in [-0.4, -0.2) is 17.7 Å². The zero-order valence-electron chi connectivity index (χ0n) is 17.4. The number of sulfonamides is 1. The van der Waals surface area contributed by atoms with Crippen molar-refractivity contribution < 1.29 is 21.6 Å². The van der Waals surface area contributed by atoms with Crippen LogP contribution in [-0.2, 0) is 29.3 Å². The molecule has 0 bridgehead atoms. The fourth-order valence-electron chi connectivity index (χ4n) is 3.52. The van der Waals surface area contributed by atoms with Crippen LogP contribution in [0.15, 0.2) is 75.7 Å². The van der Waals surface area contributed by atoms with Crippen molar-refractivity contribution in [2.24, 2.45) is 0 Å². The minimum atomic E-state index is -4.68. The number of H-pyrrole nitrogens is 1. The Morgan fingerprint density at radius 3 is 2.45 bits per heavy atom. The summed E-state index contributed by atoms with van der Waals surface area (Å²) in [6.07, 6.45) is -4.68. The molecule has 4 aromatic rings. The number of para-hydroxylation sites is 1. The number of hydrogen-bond donors (Lipinski definition) is 1. The first-order chi connectivity index (χ1) is 15.6. The molecule has 2 heterocycles. The van der Waals surface area contributed by atoms with E-state index in [-0.39, 0.29) is 18.7 Å². The van der Waals surface area contributed by atoms with E-state index in [1.807, 2.05) is 19.1 Å². The van der Waals surface area contributed by atoms with E-state index >= 15 is 0 Å². The van der Waals surface area contributed by atoms with Gasteiger partial charge in [-0.25, -0.2) is 8.42 Å². The third-order valence-corrected chi connectivity index (χ3v) is 7.87. The van der Waals surface area contributed by atoms with Gasteiger partial charge in [0.25, 0.3) is 5.56 Å². The fraction of sp³-hybridized carbons (Fsp3) is 0.174. The first-order valence-electron chi connectivity index (χ1n) is 9.87. The lowest BCUT2D eigenvalue weighted by Gasteiger charge is -2.22. The number of aryl methyl sites for hydroxylation is 1. The Labute approximate surface area is 192 Å². The van der Waals surface area contributed by atoms with E-state index in [4.69, 9.17) is 0 Å². The Morgan fingerprint density at radius 1 is 1.00 bits per heavy atom. The van der Waals surface area contributed by atoms with Crippen molar-refractivity contribution in [3.63, 3.8) is 0 Å². The van der Waals surface area contributed by atoms with E-state index in [0.717, 1.165) is 33.5 Å². The standard InChI is InChI=1S/C23H19F3N2O3S2/c1-15-5-2-6-16-11-17(22(29)27-21(15)16)13-28(14-19-8-4-10-32-19)33(30,31)20-9-3-7-18(12-20)23(24,25)26/h2-12H,13-14H2,1H3,(H,27,29). The average Bonchev–Trinajstić information content (AvgIpc) is 3.27. The number of pyridine rings is 1. The van der Waals surface area contributed by atoms with Gasteiger partial charge in [-0.05, 0) is 53.6 Å². The lowest BCUT2D eigenvalue weighted by molar-refractivity contribution is -0.137. The van der Waals surface area contributed by atoms with Crippen molar-refractivity contribution in [3.8, 4) is 0 Å². The first kappa shape index (κ1) is 23.2. The number of thiophene rings is 1. The summed E-state index contributed by atoms with van der Waals surface area (Å²) >= 11 is 1.32. The van der Waals surface area contributed by atoms with Gasteiger partial charge in [0.1, 0.15) is 0 Å². The molecule has 2 aromatic carbocycles. The summed E-state index contributed by atoms with van der Waals surface area (Å²) in [5, 5.41) is 2.51. The topological polar surface area (TPSA) is 70.2 Å². The number of rotatable bonds is 6. The highest BCUT2D eigenvalue weighted by molar-refractivity contribution is 7.89. The summed E-state index contributed by atoms with van der Waals surface area (Å²) in [5.41, 5.74) is 0.200. The number of halogens is 3. The van der Waals surface area contributed by atoms with Crippen molar-refractivity contribution in [3.05, 3.63) is 98.0 Å². The number of alkyl halides is 3. The van der Waals surface area contributed by atoms with Gasteiger partial charge < -0.3 is 4.98 Å². The third kappa shape index (κ3) is 4.87. The van der Waals surface area contributed by atoms with Gasteiger partial charge >= 0.3 is 6.18 Å². The molecular weight excluding hydrogens is 473 g/mol. The van der Waals surface area contributed by atoms with Crippen molar-refractivity contribution in [2.45, 2.75) is 31.1 Å². The maximum absolute atomic E-state index is 13.4. The number of aromatic nitrogens is 1. The van der Waals surface area contributed by atoms with Gasteiger partial charge in [-0.1, -0.05) is 30.3 Å². The Balaban J connectivity index is 1.79. The van der Waals surface area contributed by atoms with Gasteiger partial charge in [0.2, 0.25) is 10.0 Å². The predicted molar refractivity (Wildman–Crippen MR) is 122 cm³/mol. The number of hydrogen-bond acceptors (Lipinski definition) is 4. The molecule has 172 valence electrons. The van der Waals surface area contributed by atoms with Crippen LogP contribution < -0.4 is 5.56 Å². The van der Waals surface area contributed by atoms with Gasteiger partial charge in [0.05, 0.1) is 16.0 Å². The minimum Gasteiger partial charge on any atom is -0.321 e. The van der Waals surface area contributed by atoms with Crippen LogP contribution in [0, 0.1) is 6.92 Å². The smallest absolute Gasteiger partial charge is 0.321 e. The van der Waals surface area contributed by atoms with E-state index in [2.05, 4.69) is 4.98 Å². The lowest BCUT2D eigenvalue weighted by atomic mass is 10.1. The molecule has 0 fully saturated rings. The highest BCUT2D eigenvalue weighted by Crippen LogP contribution is 2.32. The average molecular weight is 493 g/mol. The second-order valence-electron chi connectivity index (χ2n) is 7.54. The highest BCUT2D eigenvalue weighted by Gasteiger charge is 2.33. The fourth-order valence-corrected chi connectivity index (χ4v) is 5.76. The molecule has 0 aliphatic heterocycles.